The largest absolute Gasteiger partial charge is 0.338 e. The van der Waals surface area contributed by atoms with Crippen LogP contribution in [-0.2, 0) is 0 Å². The number of likely N-dealkylation sites (tertiary alicyclic amines) is 1. The molecule has 0 aliphatic carbocycles. The van der Waals surface area contributed by atoms with Crippen LogP contribution in [0.5, 0.6) is 0 Å². The Labute approximate surface area is 98.8 Å². The highest BCUT2D eigenvalue weighted by molar-refractivity contribution is 5.74. The molecule has 0 aromatic rings. The van der Waals surface area contributed by atoms with Gasteiger partial charge in [-0.25, -0.2) is 4.79 Å². The third-order valence-corrected chi connectivity index (χ3v) is 3.34. The van der Waals surface area contributed by atoms with Crippen LogP contribution in [0.3, 0.4) is 0 Å². The Morgan fingerprint density at radius 3 is 2.62 bits per heavy atom. The van der Waals surface area contributed by atoms with Gasteiger partial charge >= 0.3 is 6.03 Å². The fraction of sp³-hybridized carbons (Fsp3) is 0.917. The molecule has 0 aromatic carbocycles. The van der Waals surface area contributed by atoms with Crippen molar-refractivity contribution in [2.24, 2.45) is 5.92 Å². The summed E-state index contributed by atoms with van der Waals surface area (Å²) in [5.74, 6) is 0.594. The number of nitrogens with zero attached hydrogens (tertiary/aromatic N) is 1. The van der Waals surface area contributed by atoms with Gasteiger partial charge in [0.25, 0.3) is 0 Å². The molecular weight excluding hydrogens is 202 g/mol. The number of hydrogen-bond donors (Lipinski definition) is 2. The zero-order valence-electron chi connectivity index (χ0n) is 10.8. The third kappa shape index (κ3) is 3.37. The van der Waals surface area contributed by atoms with Crippen molar-refractivity contribution in [1.82, 2.24) is 15.5 Å². The number of amides is 2. The van der Waals surface area contributed by atoms with Crippen molar-refractivity contribution >= 4 is 6.03 Å². The van der Waals surface area contributed by atoms with E-state index in [2.05, 4.69) is 24.5 Å². The van der Waals surface area contributed by atoms with Gasteiger partial charge in [0.1, 0.15) is 0 Å². The molecule has 2 unspecified atom stereocenters. The SMILES string of the molecule is CCNC(=O)N1CCC(NCC)C(CC)C1. The van der Waals surface area contributed by atoms with Gasteiger partial charge in [0.15, 0.2) is 0 Å². The minimum absolute atomic E-state index is 0.0934. The monoisotopic (exact) mass is 227 g/mol. The molecule has 0 saturated carbocycles. The number of carbonyl (C=O) groups excluding carboxylic acids is 1. The van der Waals surface area contributed by atoms with Gasteiger partial charge in [-0.1, -0.05) is 20.3 Å². The number of nitrogens with one attached hydrogen (secondary N) is 2. The van der Waals surface area contributed by atoms with Crippen molar-refractivity contribution in [2.75, 3.05) is 26.2 Å². The van der Waals surface area contributed by atoms with E-state index in [1.807, 2.05) is 11.8 Å². The number of rotatable bonds is 4. The quantitative estimate of drug-likeness (QED) is 0.763. The summed E-state index contributed by atoms with van der Waals surface area (Å²) in [6.07, 6.45) is 2.21. The van der Waals surface area contributed by atoms with Crippen molar-refractivity contribution in [3.63, 3.8) is 0 Å². The molecule has 4 nitrogen and oxygen atoms in total. The predicted molar refractivity (Wildman–Crippen MR) is 66.5 cm³/mol. The van der Waals surface area contributed by atoms with Gasteiger partial charge in [0.05, 0.1) is 0 Å². The number of hydrogen-bond acceptors (Lipinski definition) is 2. The number of carbonyl (C=O) groups is 1. The van der Waals surface area contributed by atoms with Crippen molar-refractivity contribution in [3.05, 3.63) is 0 Å². The first-order chi connectivity index (χ1) is 7.72. The lowest BCUT2D eigenvalue weighted by atomic mass is 9.90. The van der Waals surface area contributed by atoms with Gasteiger partial charge in [-0.15, -0.1) is 0 Å². The Bertz CT molecular complexity index is 220. The Hall–Kier alpha value is -0.770. The number of piperidine rings is 1. The highest BCUT2D eigenvalue weighted by Crippen LogP contribution is 2.20. The Morgan fingerprint density at radius 2 is 2.06 bits per heavy atom. The van der Waals surface area contributed by atoms with Crippen LogP contribution in [0.2, 0.25) is 0 Å². The maximum absolute atomic E-state index is 11.7. The van der Waals surface area contributed by atoms with E-state index in [4.69, 9.17) is 0 Å². The zero-order chi connectivity index (χ0) is 12.0. The smallest absolute Gasteiger partial charge is 0.317 e. The molecule has 1 aliphatic rings. The molecule has 4 heteroatoms. The molecule has 16 heavy (non-hydrogen) atoms. The first kappa shape index (κ1) is 13.3. The van der Waals surface area contributed by atoms with Crippen LogP contribution in [0.4, 0.5) is 4.79 Å². The summed E-state index contributed by atoms with van der Waals surface area (Å²) in [6.45, 7) is 9.80. The minimum atomic E-state index is 0.0934. The molecular formula is C12H25N3O. The van der Waals surface area contributed by atoms with E-state index < -0.39 is 0 Å². The van der Waals surface area contributed by atoms with Crippen LogP contribution >= 0.6 is 0 Å². The normalized spacial score (nSPS) is 25.6. The fourth-order valence-electron chi connectivity index (χ4n) is 2.42. The van der Waals surface area contributed by atoms with Gasteiger partial charge in [-0.2, -0.15) is 0 Å². The molecule has 2 N–H and O–H groups in total. The van der Waals surface area contributed by atoms with Crippen LogP contribution in [0.25, 0.3) is 0 Å². The van der Waals surface area contributed by atoms with E-state index in [0.717, 1.165) is 32.5 Å². The lowest BCUT2D eigenvalue weighted by Gasteiger charge is -2.38. The summed E-state index contributed by atoms with van der Waals surface area (Å²) in [6, 6.07) is 0.677. The summed E-state index contributed by atoms with van der Waals surface area (Å²) in [7, 11) is 0. The van der Waals surface area contributed by atoms with E-state index in [1.165, 1.54) is 0 Å². The average Bonchev–Trinajstić information content (AvgIpc) is 2.30. The molecule has 0 bridgehead atoms. The van der Waals surface area contributed by atoms with Crippen LogP contribution in [0, 0.1) is 5.92 Å². The Morgan fingerprint density at radius 1 is 1.31 bits per heavy atom. The van der Waals surface area contributed by atoms with Crippen LogP contribution < -0.4 is 10.6 Å². The van der Waals surface area contributed by atoms with E-state index in [-0.39, 0.29) is 6.03 Å². The molecule has 2 atom stereocenters. The summed E-state index contributed by atoms with van der Waals surface area (Å²) < 4.78 is 0. The fourth-order valence-corrected chi connectivity index (χ4v) is 2.42. The lowest BCUT2D eigenvalue weighted by Crippen LogP contribution is -2.53. The van der Waals surface area contributed by atoms with E-state index >= 15 is 0 Å². The molecule has 0 radical (unpaired) electrons. The maximum atomic E-state index is 11.7. The van der Waals surface area contributed by atoms with Crippen LogP contribution in [0.1, 0.15) is 33.6 Å². The van der Waals surface area contributed by atoms with Crippen molar-refractivity contribution in [2.45, 2.75) is 39.7 Å². The van der Waals surface area contributed by atoms with Gasteiger partial charge < -0.3 is 15.5 Å². The van der Waals surface area contributed by atoms with E-state index in [9.17, 15) is 4.79 Å². The Kier molecular flexibility index (Phi) is 5.60. The van der Waals surface area contributed by atoms with Crippen LogP contribution in [0.15, 0.2) is 0 Å². The second-order valence-electron chi connectivity index (χ2n) is 4.40. The van der Waals surface area contributed by atoms with Crippen molar-refractivity contribution in [3.8, 4) is 0 Å². The average molecular weight is 227 g/mol. The Balaban J connectivity index is 2.48. The minimum Gasteiger partial charge on any atom is -0.338 e. The number of urea groups is 1. The second-order valence-corrected chi connectivity index (χ2v) is 4.40. The van der Waals surface area contributed by atoms with Crippen molar-refractivity contribution < 1.29 is 4.79 Å². The molecule has 1 rings (SSSR count). The topological polar surface area (TPSA) is 44.4 Å². The van der Waals surface area contributed by atoms with Gasteiger partial charge in [0.2, 0.25) is 0 Å². The van der Waals surface area contributed by atoms with E-state index in [0.29, 0.717) is 18.5 Å². The molecule has 94 valence electrons. The van der Waals surface area contributed by atoms with Crippen molar-refractivity contribution in [1.29, 1.82) is 0 Å². The summed E-state index contributed by atoms with van der Waals surface area (Å²) in [4.78, 5) is 13.7. The standard InChI is InChI=1S/C12H25N3O/c1-4-10-9-15(12(16)14-6-3)8-7-11(10)13-5-2/h10-11,13H,4-9H2,1-3H3,(H,14,16). The maximum Gasteiger partial charge on any atom is 0.317 e. The molecule has 0 aromatic heterocycles. The van der Waals surface area contributed by atoms with Gasteiger partial charge in [-0.3, -0.25) is 0 Å². The van der Waals surface area contributed by atoms with Gasteiger partial charge in [0, 0.05) is 25.7 Å². The molecule has 1 fully saturated rings. The first-order valence-electron chi connectivity index (χ1n) is 6.49. The summed E-state index contributed by atoms with van der Waals surface area (Å²) in [5, 5.41) is 6.39. The van der Waals surface area contributed by atoms with Gasteiger partial charge in [-0.05, 0) is 25.8 Å². The third-order valence-electron chi connectivity index (χ3n) is 3.34. The summed E-state index contributed by atoms with van der Waals surface area (Å²) >= 11 is 0. The highest BCUT2D eigenvalue weighted by Gasteiger charge is 2.29. The molecule has 0 spiro atoms. The van der Waals surface area contributed by atoms with Crippen LogP contribution in [-0.4, -0.2) is 43.2 Å². The molecule has 1 heterocycles. The molecule has 1 saturated heterocycles. The molecule has 1 aliphatic heterocycles. The lowest BCUT2D eigenvalue weighted by molar-refractivity contribution is 0.143. The summed E-state index contributed by atoms with van der Waals surface area (Å²) in [5.41, 5.74) is 0. The molecule has 2 amide bonds. The highest BCUT2D eigenvalue weighted by atomic mass is 16.2. The zero-order valence-corrected chi connectivity index (χ0v) is 10.8. The predicted octanol–water partition coefficient (Wildman–Crippen LogP) is 1.43. The second kappa shape index (κ2) is 6.74. The van der Waals surface area contributed by atoms with E-state index in [1.54, 1.807) is 0 Å². The first-order valence-corrected chi connectivity index (χ1v) is 6.49.